The highest BCUT2D eigenvalue weighted by atomic mass is 35.5. The molecule has 0 saturated heterocycles. The summed E-state index contributed by atoms with van der Waals surface area (Å²) >= 11 is 5.48. The lowest BCUT2D eigenvalue weighted by Gasteiger charge is -2.20. The van der Waals surface area contributed by atoms with Gasteiger partial charge in [-0.2, -0.15) is 0 Å². The normalized spacial score (nSPS) is 12.6. The van der Waals surface area contributed by atoms with E-state index in [0.717, 1.165) is 5.56 Å². The van der Waals surface area contributed by atoms with Crippen molar-refractivity contribution in [2.45, 2.75) is 24.0 Å². The molecule has 0 unspecified atom stereocenters. The third-order valence-electron chi connectivity index (χ3n) is 3.69. The zero-order valence-electron chi connectivity index (χ0n) is 13.5. The van der Waals surface area contributed by atoms with Crippen molar-refractivity contribution >= 4 is 27.3 Å². The number of pyridine rings is 1. The molecule has 1 N–H and O–H groups in total. The maximum absolute atomic E-state index is 13.2. The number of amides is 1. The second-order valence-corrected chi connectivity index (χ2v) is 7.89. The van der Waals surface area contributed by atoms with Gasteiger partial charge < -0.3 is 5.32 Å². The first-order valence-electron chi connectivity index (χ1n) is 7.40. The molecule has 0 fully saturated rings. The van der Waals surface area contributed by atoms with Crippen molar-refractivity contribution in [1.29, 1.82) is 0 Å². The average Bonchev–Trinajstić information content (AvgIpc) is 2.57. The van der Waals surface area contributed by atoms with Gasteiger partial charge in [0.25, 0.3) is 0 Å². The Labute approximate surface area is 147 Å². The molecule has 1 atom stereocenters. The fourth-order valence-corrected chi connectivity index (χ4v) is 4.46. The number of hydrogen-bond donors (Lipinski definition) is 1. The van der Waals surface area contributed by atoms with E-state index in [2.05, 4.69) is 10.3 Å². The number of carbonyl (C=O) groups excluding carboxylic acids is 1. The first kappa shape index (κ1) is 18.4. The van der Waals surface area contributed by atoms with Gasteiger partial charge >= 0.3 is 0 Å². The quantitative estimate of drug-likeness (QED) is 0.797. The number of sulfone groups is 1. The number of halogens is 1. The summed E-state index contributed by atoms with van der Waals surface area (Å²) in [6.07, 6.45) is 3.07. The lowest BCUT2D eigenvalue weighted by molar-refractivity contribution is -0.118. The van der Waals surface area contributed by atoms with E-state index in [9.17, 15) is 13.2 Å². The molecule has 0 aliphatic rings. The summed E-state index contributed by atoms with van der Waals surface area (Å²) in [6, 6.07) is 8.65. The summed E-state index contributed by atoms with van der Waals surface area (Å²) in [7, 11) is -3.71. The van der Waals surface area contributed by atoms with Gasteiger partial charge in [0.2, 0.25) is 5.91 Å². The minimum atomic E-state index is -3.71. The van der Waals surface area contributed by atoms with Crippen LogP contribution in [-0.2, 0) is 14.6 Å². The Morgan fingerprint density at radius 3 is 2.67 bits per heavy atom. The molecule has 0 aliphatic carbocycles. The van der Waals surface area contributed by atoms with Gasteiger partial charge in [0.05, 0.1) is 4.90 Å². The van der Waals surface area contributed by atoms with Crippen molar-refractivity contribution in [1.82, 2.24) is 10.3 Å². The number of hydrogen-bond acceptors (Lipinski definition) is 4. The predicted molar refractivity (Wildman–Crippen MR) is 93.8 cm³/mol. The molecule has 1 amide bonds. The van der Waals surface area contributed by atoms with Crippen LogP contribution in [0.4, 0.5) is 0 Å². The predicted octanol–water partition coefficient (Wildman–Crippen LogP) is 2.57. The highest BCUT2D eigenvalue weighted by Gasteiger charge is 2.31. The standard InChI is InChI=1S/C17H19ClN2O3S/c1-12-5-6-13(2)15(8-12)24(22,23)16(11-20-17(21)9-18)14-4-3-7-19-10-14/h3-8,10,16H,9,11H2,1-2H3,(H,20,21)/t16-/m1/s1. The van der Waals surface area contributed by atoms with Crippen LogP contribution in [0.2, 0.25) is 0 Å². The summed E-state index contributed by atoms with van der Waals surface area (Å²) in [5, 5.41) is 1.63. The number of benzene rings is 1. The van der Waals surface area contributed by atoms with Crippen LogP contribution in [0.3, 0.4) is 0 Å². The van der Waals surface area contributed by atoms with E-state index in [1.165, 1.54) is 6.20 Å². The molecule has 24 heavy (non-hydrogen) atoms. The first-order chi connectivity index (χ1) is 11.4. The maximum atomic E-state index is 13.2. The number of aromatic nitrogens is 1. The molecule has 1 aromatic carbocycles. The van der Waals surface area contributed by atoms with Crippen molar-refractivity contribution in [3.05, 3.63) is 59.4 Å². The van der Waals surface area contributed by atoms with Crippen LogP contribution in [0.15, 0.2) is 47.6 Å². The van der Waals surface area contributed by atoms with Gasteiger partial charge in [0.1, 0.15) is 11.1 Å². The average molecular weight is 367 g/mol. The Balaban J connectivity index is 2.48. The van der Waals surface area contributed by atoms with Crippen molar-refractivity contribution in [3.63, 3.8) is 0 Å². The molecule has 0 bridgehead atoms. The number of rotatable bonds is 6. The Bertz CT molecular complexity index is 823. The van der Waals surface area contributed by atoms with Gasteiger partial charge in [-0.1, -0.05) is 18.2 Å². The molecule has 0 spiro atoms. The Kier molecular flexibility index (Phi) is 5.96. The molecule has 0 radical (unpaired) electrons. The van der Waals surface area contributed by atoms with Crippen LogP contribution in [0.5, 0.6) is 0 Å². The van der Waals surface area contributed by atoms with Gasteiger partial charge in [0.15, 0.2) is 9.84 Å². The van der Waals surface area contributed by atoms with Crippen LogP contribution in [-0.4, -0.2) is 31.7 Å². The van der Waals surface area contributed by atoms with E-state index in [1.54, 1.807) is 37.4 Å². The zero-order chi connectivity index (χ0) is 17.7. The lowest BCUT2D eigenvalue weighted by Crippen LogP contribution is -2.32. The minimum Gasteiger partial charge on any atom is -0.353 e. The molecular formula is C17H19ClN2O3S. The fraction of sp³-hybridized carbons (Fsp3) is 0.294. The van der Waals surface area contributed by atoms with Crippen molar-refractivity contribution in [3.8, 4) is 0 Å². The SMILES string of the molecule is Cc1ccc(C)c(S(=O)(=O)[C@H](CNC(=O)CCl)c2cccnc2)c1. The Morgan fingerprint density at radius 1 is 1.29 bits per heavy atom. The van der Waals surface area contributed by atoms with E-state index in [1.807, 2.05) is 13.0 Å². The third kappa shape index (κ3) is 4.13. The summed E-state index contributed by atoms with van der Waals surface area (Å²) < 4.78 is 26.4. The summed E-state index contributed by atoms with van der Waals surface area (Å²) in [5.74, 6) is -0.634. The van der Waals surface area contributed by atoms with E-state index in [4.69, 9.17) is 11.6 Å². The molecular weight excluding hydrogens is 348 g/mol. The number of nitrogens with zero attached hydrogens (tertiary/aromatic N) is 1. The molecule has 1 aromatic heterocycles. The maximum Gasteiger partial charge on any atom is 0.234 e. The van der Waals surface area contributed by atoms with E-state index < -0.39 is 21.0 Å². The summed E-state index contributed by atoms with van der Waals surface area (Å²) in [5.41, 5.74) is 2.04. The highest BCUT2D eigenvalue weighted by molar-refractivity contribution is 7.91. The van der Waals surface area contributed by atoms with Gasteiger partial charge in [-0.15, -0.1) is 11.6 Å². The smallest absolute Gasteiger partial charge is 0.234 e. The number of carbonyl (C=O) groups is 1. The second kappa shape index (κ2) is 7.77. The topological polar surface area (TPSA) is 76.1 Å². The highest BCUT2D eigenvalue weighted by Crippen LogP contribution is 2.30. The monoisotopic (exact) mass is 366 g/mol. The van der Waals surface area contributed by atoms with Gasteiger partial charge in [0, 0.05) is 18.9 Å². The van der Waals surface area contributed by atoms with Crippen LogP contribution in [0.25, 0.3) is 0 Å². The van der Waals surface area contributed by atoms with Crippen LogP contribution in [0.1, 0.15) is 21.9 Å². The molecule has 7 heteroatoms. The van der Waals surface area contributed by atoms with Gasteiger partial charge in [-0.05, 0) is 42.7 Å². The van der Waals surface area contributed by atoms with Crippen LogP contribution in [0, 0.1) is 13.8 Å². The number of alkyl halides is 1. The summed E-state index contributed by atoms with van der Waals surface area (Å²) in [6.45, 7) is 3.53. The first-order valence-corrected chi connectivity index (χ1v) is 9.48. The van der Waals surface area contributed by atoms with Crippen LogP contribution >= 0.6 is 11.6 Å². The molecule has 2 aromatic rings. The zero-order valence-corrected chi connectivity index (χ0v) is 15.1. The minimum absolute atomic E-state index is 0.0625. The number of aryl methyl sites for hydroxylation is 2. The summed E-state index contributed by atoms with van der Waals surface area (Å²) in [4.78, 5) is 15.7. The molecule has 5 nitrogen and oxygen atoms in total. The van der Waals surface area contributed by atoms with E-state index in [0.29, 0.717) is 11.1 Å². The Morgan fingerprint density at radius 2 is 2.04 bits per heavy atom. The third-order valence-corrected chi connectivity index (χ3v) is 6.17. The number of nitrogens with one attached hydrogen (secondary N) is 1. The lowest BCUT2D eigenvalue weighted by atomic mass is 10.2. The van der Waals surface area contributed by atoms with E-state index in [-0.39, 0.29) is 17.3 Å². The van der Waals surface area contributed by atoms with Gasteiger partial charge in [-0.3, -0.25) is 9.78 Å². The Hall–Kier alpha value is -1.92. The van der Waals surface area contributed by atoms with Crippen molar-refractivity contribution in [2.24, 2.45) is 0 Å². The molecule has 2 rings (SSSR count). The van der Waals surface area contributed by atoms with Gasteiger partial charge in [-0.25, -0.2) is 8.42 Å². The molecule has 0 aliphatic heterocycles. The fourth-order valence-electron chi connectivity index (χ4n) is 2.39. The molecule has 128 valence electrons. The molecule has 1 heterocycles. The van der Waals surface area contributed by atoms with E-state index >= 15 is 0 Å². The van der Waals surface area contributed by atoms with Crippen LogP contribution < -0.4 is 5.32 Å². The second-order valence-electron chi connectivity index (χ2n) is 5.53. The van der Waals surface area contributed by atoms with Crippen molar-refractivity contribution in [2.75, 3.05) is 12.4 Å². The van der Waals surface area contributed by atoms with Crippen molar-refractivity contribution < 1.29 is 13.2 Å². The molecule has 0 saturated carbocycles. The largest absolute Gasteiger partial charge is 0.353 e.